The van der Waals surface area contributed by atoms with Gasteiger partial charge in [-0.1, -0.05) is 11.6 Å². The molecule has 7 nitrogen and oxygen atoms in total. The van der Waals surface area contributed by atoms with Gasteiger partial charge < -0.3 is 15.2 Å². The van der Waals surface area contributed by atoms with Gasteiger partial charge in [0.15, 0.2) is 0 Å². The van der Waals surface area contributed by atoms with Crippen LogP contribution in [-0.2, 0) is 14.3 Å². The number of amides is 1. The van der Waals surface area contributed by atoms with E-state index < -0.39 is 23.9 Å². The van der Waals surface area contributed by atoms with Gasteiger partial charge >= 0.3 is 11.9 Å². The third-order valence-electron chi connectivity index (χ3n) is 2.46. The van der Waals surface area contributed by atoms with Gasteiger partial charge in [0.05, 0.1) is 7.11 Å². The zero-order valence-corrected chi connectivity index (χ0v) is 11.4. The summed E-state index contributed by atoms with van der Waals surface area (Å²) in [7, 11) is 1.20. The molecule has 20 heavy (non-hydrogen) atoms. The quantitative estimate of drug-likeness (QED) is 0.596. The van der Waals surface area contributed by atoms with Crippen molar-refractivity contribution in [2.45, 2.75) is 18.9 Å². The maximum absolute atomic E-state index is 11.8. The van der Waals surface area contributed by atoms with Crippen LogP contribution in [0.4, 0.5) is 0 Å². The van der Waals surface area contributed by atoms with E-state index in [1.807, 2.05) is 0 Å². The van der Waals surface area contributed by atoms with E-state index in [0.717, 1.165) is 0 Å². The van der Waals surface area contributed by atoms with Gasteiger partial charge in [0.2, 0.25) is 0 Å². The molecule has 8 heteroatoms. The number of carbonyl (C=O) groups excluding carboxylic acids is 2. The minimum absolute atomic E-state index is 0.0629. The van der Waals surface area contributed by atoms with Crippen LogP contribution in [-0.4, -0.2) is 41.1 Å². The molecule has 1 unspecified atom stereocenters. The molecule has 0 spiro atoms. The van der Waals surface area contributed by atoms with Crippen molar-refractivity contribution in [2.75, 3.05) is 7.11 Å². The maximum Gasteiger partial charge on any atom is 0.326 e. The largest absolute Gasteiger partial charge is 0.480 e. The fraction of sp³-hybridized carbons (Fsp3) is 0.333. The Hall–Kier alpha value is -2.15. The Balaban J connectivity index is 2.68. The monoisotopic (exact) mass is 300 g/mol. The predicted octanol–water partition coefficient (Wildman–Crippen LogP) is 0.871. The predicted molar refractivity (Wildman–Crippen MR) is 69.4 cm³/mol. The molecule has 0 fully saturated rings. The fourth-order valence-electron chi connectivity index (χ4n) is 1.41. The van der Waals surface area contributed by atoms with Gasteiger partial charge in [0.25, 0.3) is 5.91 Å². The highest BCUT2D eigenvalue weighted by atomic mass is 35.5. The van der Waals surface area contributed by atoms with Gasteiger partial charge in [0, 0.05) is 18.2 Å². The average molecular weight is 301 g/mol. The number of carboxylic acids is 1. The van der Waals surface area contributed by atoms with Crippen LogP contribution in [0.15, 0.2) is 18.3 Å². The number of rotatable bonds is 6. The maximum atomic E-state index is 11.8. The normalized spacial score (nSPS) is 11.5. The number of aromatic nitrogens is 1. The third kappa shape index (κ3) is 4.85. The minimum atomic E-state index is -1.23. The number of aliphatic carboxylic acids is 1. The SMILES string of the molecule is COC(=O)CCC(NC(=O)c1ccnc(Cl)c1)C(=O)O. The van der Waals surface area contributed by atoms with Crippen molar-refractivity contribution in [1.82, 2.24) is 10.3 Å². The second-order valence-electron chi connectivity index (χ2n) is 3.85. The number of hydrogen-bond donors (Lipinski definition) is 2. The van der Waals surface area contributed by atoms with E-state index in [1.165, 1.54) is 25.4 Å². The Labute approximate surface area is 119 Å². The lowest BCUT2D eigenvalue weighted by Gasteiger charge is -2.13. The molecule has 0 aromatic carbocycles. The lowest BCUT2D eigenvalue weighted by molar-refractivity contribution is -0.142. The van der Waals surface area contributed by atoms with Crippen molar-refractivity contribution >= 4 is 29.4 Å². The molecular weight excluding hydrogens is 288 g/mol. The zero-order valence-electron chi connectivity index (χ0n) is 10.6. The van der Waals surface area contributed by atoms with Gasteiger partial charge in [0.1, 0.15) is 11.2 Å². The first-order valence-electron chi connectivity index (χ1n) is 5.66. The molecule has 0 aliphatic rings. The Morgan fingerprint density at radius 3 is 2.75 bits per heavy atom. The molecule has 1 amide bonds. The number of carboxylic acid groups (broad SMARTS) is 1. The highest BCUT2D eigenvalue weighted by Crippen LogP contribution is 2.08. The number of methoxy groups -OCH3 is 1. The Morgan fingerprint density at radius 1 is 1.50 bits per heavy atom. The summed E-state index contributed by atoms with van der Waals surface area (Å²) in [6, 6.07) is 1.53. The molecule has 2 N–H and O–H groups in total. The first kappa shape index (κ1) is 15.9. The Bertz CT molecular complexity index is 520. The van der Waals surface area contributed by atoms with Crippen molar-refractivity contribution in [2.24, 2.45) is 0 Å². The number of hydrogen-bond acceptors (Lipinski definition) is 5. The molecular formula is C12H13ClN2O5. The first-order valence-corrected chi connectivity index (χ1v) is 6.04. The third-order valence-corrected chi connectivity index (χ3v) is 2.66. The molecule has 0 radical (unpaired) electrons. The lowest BCUT2D eigenvalue weighted by Crippen LogP contribution is -2.41. The Kier molecular flexibility index (Phi) is 5.92. The van der Waals surface area contributed by atoms with E-state index in [9.17, 15) is 14.4 Å². The molecule has 0 saturated carbocycles. The number of nitrogens with one attached hydrogen (secondary N) is 1. The molecule has 1 rings (SSSR count). The number of nitrogens with zero attached hydrogens (tertiary/aromatic N) is 1. The van der Waals surface area contributed by atoms with Crippen LogP contribution < -0.4 is 5.32 Å². The molecule has 1 heterocycles. The number of pyridine rings is 1. The summed E-state index contributed by atoms with van der Waals surface area (Å²) in [6.45, 7) is 0. The number of carbonyl (C=O) groups is 3. The van der Waals surface area contributed by atoms with Crippen LogP contribution in [0.3, 0.4) is 0 Å². The van der Waals surface area contributed by atoms with Crippen LogP contribution in [0.1, 0.15) is 23.2 Å². The van der Waals surface area contributed by atoms with Gasteiger partial charge in [-0.15, -0.1) is 0 Å². The fourth-order valence-corrected chi connectivity index (χ4v) is 1.58. The van der Waals surface area contributed by atoms with E-state index in [0.29, 0.717) is 0 Å². The van der Waals surface area contributed by atoms with Gasteiger partial charge in [-0.25, -0.2) is 9.78 Å². The highest BCUT2D eigenvalue weighted by molar-refractivity contribution is 6.29. The number of esters is 1. The summed E-state index contributed by atoms with van der Waals surface area (Å²) in [6.07, 6.45) is 1.17. The summed E-state index contributed by atoms with van der Waals surface area (Å²) >= 11 is 5.64. The van der Waals surface area contributed by atoms with Crippen LogP contribution in [0, 0.1) is 0 Å². The minimum Gasteiger partial charge on any atom is -0.480 e. The molecule has 1 aromatic heterocycles. The summed E-state index contributed by atoms with van der Waals surface area (Å²) in [4.78, 5) is 37.6. The number of ether oxygens (including phenoxy) is 1. The molecule has 0 aliphatic heterocycles. The summed E-state index contributed by atoms with van der Waals surface area (Å²) in [5, 5.41) is 11.4. The van der Waals surface area contributed by atoms with Gasteiger partial charge in [-0.2, -0.15) is 0 Å². The average Bonchev–Trinajstić information content (AvgIpc) is 2.42. The van der Waals surface area contributed by atoms with Gasteiger partial charge in [-0.05, 0) is 18.6 Å². The van der Waals surface area contributed by atoms with E-state index in [2.05, 4.69) is 15.0 Å². The van der Waals surface area contributed by atoms with Crippen LogP contribution in [0.25, 0.3) is 0 Å². The van der Waals surface area contributed by atoms with E-state index in [4.69, 9.17) is 16.7 Å². The molecule has 108 valence electrons. The molecule has 1 atom stereocenters. The van der Waals surface area contributed by atoms with Crippen molar-refractivity contribution in [1.29, 1.82) is 0 Å². The Morgan fingerprint density at radius 2 is 2.20 bits per heavy atom. The molecule has 0 bridgehead atoms. The first-order chi connectivity index (χ1) is 9.43. The smallest absolute Gasteiger partial charge is 0.326 e. The van der Waals surface area contributed by atoms with E-state index >= 15 is 0 Å². The topological polar surface area (TPSA) is 106 Å². The van der Waals surface area contributed by atoms with Crippen molar-refractivity contribution in [3.05, 3.63) is 29.0 Å². The van der Waals surface area contributed by atoms with E-state index in [-0.39, 0.29) is 23.6 Å². The zero-order chi connectivity index (χ0) is 15.1. The summed E-state index contributed by atoms with van der Waals surface area (Å²) < 4.78 is 4.42. The van der Waals surface area contributed by atoms with E-state index in [1.54, 1.807) is 0 Å². The standard InChI is InChI=1S/C12H13ClN2O5/c1-20-10(16)3-2-8(12(18)19)15-11(17)7-4-5-14-9(13)6-7/h4-6,8H,2-3H2,1H3,(H,15,17)(H,18,19). The summed E-state index contributed by atoms with van der Waals surface area (Å²) in [5.74, 6) is -2.38. The summed E-state index contributed by atoms with van der Waals surface area (Å²) in [5.41, 5.74) is 0.189. The van der Waals surface area contributed by atoms with Crippen LogP contribution in [0.2, 0.25) is 5.15 Å². The lowest BCUT2D eigenvalue weighted by atomic mass is 10.1. The highest BCUT2D eigenvalue weighted by Gasteiger charge is 2.22. The molecule has 0 saturated heterocycles. The van der Waals surface area contributed by atoms with Crippen LogP contribution in [0.5, 0.6) is 0 Å². The molecule has 0 aliphatic carbocycles. The van der Waals surface area contributed by atoms with Crippen molar-refractivity contribution < 1.29 is 24.2 Å². The van der Waals surface area contributed by atoms with Crippen LogP contribution >= 0.6 is 11.6 Å². The second-order valence-corrected chi connectivity index (χ2v) is 4.23. The number of halogens is 1. The van der Waals surface area contributed by atoms with Crippen molar-refractivity contribution in [3.63, 3.8) is 0 Å². The van der Waals surface area contributed by atoms with Crippen molar-refractivity contribution in [3.8, 4) is 0 Å². The molecule has 1 aromatic rings. The van der Waals surface area contributed by atoms with Gasteiger partial charge in [-0.3, -0.25) is 9.59 Å². The second kappa shape index (κ2) is 7.44.